The van der Waals surface area contributed by atoms with Crippen molar-refractivity contribution < 1.29 is 23.8 Å². The van der Waals surface area contributed by atoms with E-state index in [4.69, 9.17) is 17.0 Å². The molecule has 29 heavy (non-hydrogen) atoms. The van der Waals surface area contributed by atoms with Crippen molar-refractivity contribution >= 4 is 35.3 Å². The molecule has 8 heteroatoms. The maximum absolute atomic E-state index is 13.2. The summed E-state index contributed by atoms with van der Waals surface area (Å²) in [5.74, 6) is -1.27. The van der Waals surface area contributed by atoms with Crippen LogP contribution in [-0.4, -0.2) is 54.1 Å². The quantitative estimate of drug-likeness (QED) is 0.598. The van der Waals surface area contributed by atoms with Crippen molar-refractivity contribution in [2.24, 2.45) is 0 Å². The van der Waals surface area contributed by atoms with Crippen molar-refractivity contribution in [2.45, 2.75) is 18.9 Å². The number of likely N-dealkylation sites (N-methyl/N-ethyl adjacent to an activating group) is 1. The van der Waals surface area contributed by atoms with Crippen molar-refractivity contribution in [2.75, 3.05) is 25.6 Å². The lowest BCUT2D eigenvalue weighted by Crippen LogP contribution is -2.48. The molecule has 2 aromatic rings. The van der Waals surface area contributed by atoms with Crippen molar-refractivity contribution in [3.8, 4) is 5.75 Å². The van der Waals surface area contributed by atoms with Crippen molar-refractivity contribution in [3.63, 3.8) is 0 Å². The number of nitrogens with zero attached hydrogens (tertiary/aromatic N) is 2. The van der Waals surface area contributed by atoms with Gasteiger partial charge in [0.25, 0.3) is 0 Å². The van der Waals surface area contributed by atoms with E-state index in [2.05, 4.69) is 0 Å². The first-order valence-electron chi connectivity index (χ1n) is 8.94. The lowest BCUT2D eigenvalue weighted by molar-refractivity contribution is -0.141. The summed E-state index contributed by atoms with van der Waals surface area (Å²) in [5.41, 5.74) is 2.55. The Bertz CT molecular complexity index is 843. The van der Waals surface area contributed by atoms with E-state index >= 15 is 0 Å². The van der Waals surface area contributed by atoms with Crippen LogP contribution in [0.25, 0.3) is 0 Å². The molecule has 0 aliphatic carbocycles. The van der Waals surface area contributed by atoms with Gasteiger partial charge in [-0.25, -0.2) is 4.39 Å². The second kappa shape index (κ2) is 10.6. The van der Waals surface area contributed by atoms with Crippen LogP contribution in [0.15, 0.2) is 48.5 Å². The summed E-state index contributed by atoms with van der Waals surface area (Å²) in [4.78, 5) is 27.3. The molecule has 0 saturated heterocycles. The van der Waals surface area contributed by atoms with Crippen LogP contribution in [0.5, 0.6) is 5.75 Å². The standard InChI is InChI=1S/C21H23FN2O4S/c1-23(12-11-15-3-9-18(28-2)10-4-15)19(13-20(25)26)21(27)24(14-29)17-7-5-16(22)6-8-17/h3-10,14,19H,11-13H2,1-2H3,(H,25,26). The Morgan fingerprint density at radius 2 is 1.79 bits per heavy atom. The highest BCUT2D eigenvalue weighted by Gasteiger charge is 2.30. The van der Waals surface area contributed by atoms with Crippen molar-refractivity contribution in [1.29, 1.82) is 0 Å². The Morgan fingerprint density at radius 3 is 2.31 bits per heavy atom. The molecule has 1 atom stereocenters. The highest BCUT2D eigenvalue weighted by atomic mass is 32.1. The molecule has 1 amide bonds. The molecule has 0 aliphatic heterocycles. The third-order valence-corrected chi connectivity index (χ3v) is 4.76. The first-order chi connectivity index (χ1) is 13.8. The van der Waals surface area contributed by atoms with E-state index in [0.29, 0.717) is 18.7 Å². The van der Waals surface area contributed by atoms with Gasteiger partial charge in [-0.15, -0.1) is 0 Å². The van der Waals surface area contributed by atoms with E-state index in [1.165, 1.54) is 29.2 Å². The third-order valence-electron chi connectivity index (χ3n) is 4.54. The van der Waals surface area contributed by atoms with Gasteiger partial charge in [-0.1, -0.05) is 24.4 Å². The van der Waals surface area contributed by atoms with Gasteiger partial charge < -0.3 is 9.84 Å². The zero-order valence-corrected chi connectivity index (χ0v) is 17.1. The molecule has 0 aromatic heterocycles. The van der Waals surface area contributed by atoms with E-state index in [-0.39, 0.29) is 6.42 Å². The largest absolute Gasteiger partial charge is 0.497 e. The number of hydrogen-bond donors (Lipinski definition) is 1. The first kappa shape index (κ1) is 22.4. The van der Waals surface area contributed by atoms with Gasteiger partial charge >= 0.3 is 5.97 Å². The van der Waals surface area contributed by atoms with Crippen LogP contribution < -0.4 is 9.64 Å². The van der Waals surface area contributed by atoms with Gasteiger partial charge in [-0.05, 0) is 55.4 Å². The fraction of sp³-hybridized carbons (Fsp3) is 0.286. The third kappa shape index (κ3) is 6.33. The molecule has 0 fully saturated rings. The predicted octanol–water partition coefficient (Wildman–Crippen LogP) is 3.14. The summed E-state index contributed by atoms with van der Waals surface area (Å²) in [5, 5.41) is 9.29. The average Bonchev–Trinajstić information content (AvgIpc) is 2.72. The number of amides is 1. The summed E-state index contributed by atoms with van der Waals surface area (Å²) in [6.07, 6.45) is 0.247. The topological polar surface area (TPSA) is 70.1 Å². The molecule has 0 saturated carbocycles. The summed E-state index contributed by atoms with van der Waals surface area (Å²) in [7, 11) is 3.29. The maximum atomic E-state index is 13.2. The number of hydrogen-bond acceptors (Lipinski definition) is 5. The second-order valence-electron chi connectivity index (χ2n) is 6.48. The number of rotatable bonds is 10. The summed E-state index contributed by atoms with van der Waals surface area (Å²) in [6, 6.07) is 11.9. The number of carbonyl (C=O) groups is 2. The van der Waals surface area contributed by atoms with Crippen LogP contribution in [0.3, 0.4) is 0 Å². The number of benzene rings is 2. The Hall–Kier alpha value is -2.84. The summed E-state index contributed by atoms with van der Waals surface area (Å²) >= 11 is 4.96. The lowest BCUT2D eigenvalue weighted by atomic mass is 10.1. The number of methoxy groups -OCH3 is 1. The zero-order chi connectivity index (χ0) is 21.4. The number of carboxylic acids is 1. The predicted molar refractivity (Wildman–Crippen MR) is 113 cm³/mol. The lowest BCUT2D eigenvalue weighted by Gasteiger charge is -2.29. The van der Waals surface area contributed by atoms with E-state index in [1.54, 1.807) is 19.1 Å². The second-order valence-corrected chi connectivity index (χ2v) is 6.69. The molecular formula is C21H23FN2O4S. The molecular weight excluding hydrogens is 395 g/mol. The Kier molecular flexibility index (Phi) is 8.23. The number of carboxylic acid groups (broad SMARTS) is 1. The van der Waals surface area contributed by atoms with Crippen LogP contribution in [-0.2, 0) is 16.0 Å². The minimum absolute atomic E-state index is 0.376. The number of halogens is 1. The van der Waals surface area contributed by atoms with E-state index < -0.39 is 23.7 Å². The maximum Gasteiger partial charge on any atom is 0.305 e. The SMILES string of the molecule is COc1ccc(CCN(C)C(CC(=O)O)C(=O)N(C=S)c2ccc(F)cc2)cc1. The molecule has 1 unspecified atom stereocenters. The number of thiocarbonyl (C=S) groups is 1. The molecule has 0 spiro atoms. The van der Waals surface area contributed by atoms with E-state index in [1.807, 2.05) is 24.3 Å². The van der Waals surface area contributed by atoms with Crippen LogP contribution in [0.4, 0.5) is 10.1 Å². The van der Waals surface area contributed by atoms with Gasteiger partial charge in [0, 0.05) is 12.2 Å². The smallest absolute Gasteiger partial charge is 0.305 e. The van der Waals surface area contributed by atoms with Crippen LogP contribution >= 0.6 is 12.2 Å². The van der Waals surface area contributed by atoms with E-state index in [9.17, 15) is 19.1 Å². The van der Waals surface area contributed by atoms with Gasteiger partial charge in [0.05, 0.1) is 19.0 Å². The Labute approximate surface area is 174 Å². The number of ether oxygens (including phenoxy) is 1. The van der Waals surface area contributed by atoms with Crippen molar-refractivity contribution in [1.82, 2.24) is 4.90 Å². The normalized spacial score (nSPS) is 11.7. The molecule has 0 heterocycles. The molecule has 2 aromatic carbocycles. The molecule has 154 valence electrons. The van der Waals surface area contributed by atoms with Gasteiger partial charge in [-0.2, -0.15) is 0 Å². The fourth-order valence-corrected chi connectivity index (χ4v) is 3.08. The zero-order valence-electron chi connectivity index (χ0n) is 16.2. The number of anilines is 1. The molecule has 0 aliphatic rings. The van der Waals surface area contributed by atoms with Gasteiger partial charge in [-0.3, -0.25) is 19.4 Å². The van der Waals surface area contributed by atoms with Crippen LogP contribution in [0.1, 0.15) is 12.0 Å². The van der Waals surface area contributed by atoms with Crippen LogP contribution in [0, 0.1) is 5.82 Å². The number of carbonyl (C=O) groups excluding carboxylic acids is 1. The van der Waals surface area contributed by atoms with Crippen LogP contribution in [0.2, 0.25) is 0 Å². The Balaban J connectivity index is 2.14. The molecule has 2 rings (SSSR count). The summed E-state index contributed by atoms with van der Waals surface area (Å²) in [6.45, 7) is 0.463. The average molecular weight is 418 g/mol. The molecule has 6 nitrogen and oxygen atoms in total. The highest BCUT2D eigenvalue weighted by molar-refractivity contribution is 7.79. The highest BCUT2D eigenvalue weighted by Crippen LogP contribution is 2.18. The van der Waals surface area contributed by atoms with Gasteiger partial charge in [0.2, 0.25) is 5.91 Å². The minimum atomic E-state index is -1.09. The van der Waals surface area contributed by atoms with Gasteiger partial charge in [0.1, 0.15) is 17.6 Å². The number of aliphatic carboxylic acids is 1. The molecule has 0 bridgehead atoms. The Morgan fingerprint density at radius 1 is 1.17 bits per heavy atom. The van der Waals surface area contributed by atoms with Crippen molar-refractivity contribution in [3.05, 3.63) is 59.9 Å². The first-order valence-corrected chi connectivity index (χ1v) is 9.41. The monoisotopic (exact) mass is 418 g/mol. The van der Waals surface area contributed by atoms with E-state index in [0.717, 1.165) is 16.8 Å². The minimum Gasteiger partial charge on any atom is -0.497 e. The summed E-state index contributed by atoms with van der Waals surface area (Å²) < 4.78 is 18.3. The van der Waals surface area contributed by atoms with Gasteiger partial charge in [0.15, 0.2) is 0 Å². The molecule has 1 N–H and O–H groups in total. The molecule has 0 radical (unpaired) electrons. The fourth-order valence-electron chi connectivity index (χ4n) is 2.85.